The lowest BCUT2D eigenvalue weighted by atomic mass is 10.0. The molecule has 0 saturated heterocycles. The lowest BCUT2D eigenvalue weighted by Gasteiger charge is -2.28. The summed E-state index contributed by atoms with van der Waals surface area (Å²) in [4.78, 5) is 28.9. The van der Waals surface area contributed by atoms with Gasteiger partial charge in [-0.15, -0.1) is 0 Å². The van der Waals surface area contributed by atoms with Crippen molar-refractivity contribution in [2.24, 2.45) is 0 Å². The van der Waals surface area contributed by atoms with E-state index >= 15 is 0 Å². The van der Waals surface area contributed by atoms with Crippen LogP contribution >= 0.6 is 0 Å². The third kappa shape index (κ3) is 3.72. The van der Waals surface area contributed by atoms with Crippen molar-refractivity contribution in [3.05, 3.63) is 54.1 Å². The molecule has 1 heterocycles. The van der Waals surface area contributed by atoms with Gasteiger partial charge >= 0.3 is 11.8 Å². The van der Waals surface area contributed by atoms with Crippen LogP contribution in [0, 0.1) is 0 Å². The van der Waals surface area contributed by atoms with Crippen LogP contribution in [0.5, 0.6) is 0 Å². The minimum absolute atomic E-state index is 0.509. The molecule has 0 aromatic heterocycles. The Kier molecular flexibility index (Phi) is 5.56. The molecule has 2 aromatic carbocycles. The number of rotatable bonds is 4. The van der Waals surface area contributed by atoms with Gasteiger partial charge in [-0.1, -0.05) is 18.2 Å². The topological polar surface area (TPSA) is 52.7 Å². The number of nitrogens with one attached hydrogen (secondary N) is 1. The average molecular weight is 351 g/mol. The quantitative estimate of drug-likeness (QED) is 0.859. The van der Waals surface area contributed by atoms with E-state index in [1.807, 2.05) is 48.5 Å². The first kappa shape index (κ1) is 18.0. The molecule has 0 bridgehead atoms. The average Bonchev–Trinajstić information content (AvgIpc) is 2.69. The van der Waals surface area contributed by atoms with Crippen molar-refractivity contribution in [3.63, 3.8) is 0 Å². The van der Waals surface area contributed by atoms with Crippen molar-refractivity contribution < 1.29 is 9.59 Å². The molecule has 136 valence electrons. The van der Waals surface area contributed by atoms with Gasteiger partial charge in [0.25, 0.3) is 0 Å². The summed E-state index contributed by atoms with van der Waals surface area (Å²) in [6.07, 6.45) is 1.81. The molecule has 0 saturated carbocycles. The highest BCUT2D eigenvalue weighted by atomic mass is 16.2. The maximum Gasteiger partial charge on any atom is 0.316 e. The Labute approximate surface area is 154 Å². The lowest BCUT2D eigenvalue weighted by Crippen LogP contribution is -2.42. The van der Waals surface area contributed by atoms with Gasteiger partial charge < -0.3 is 15.1 Å². The molecule has 0 unspecified atom stereocenters. The predicted molar refractivity (Wildman–Crippen MR) is 106 cm³/mol. The van der Waals surface area contributed by atoms with E-state index in [0.29, 0.717) is 12.2 Å². The number of amides is 2. The molecular formula is C21H25N3O2. The summed E-state index contributed by atoms with van der Waals surface area (Å²) in [5.74, 6) is -1.11. The summed E-state index contributed by atoms with van der Waals surface area (Å²) in [6.45, 7) is 6.64. The minimum Gasteiger partial charge on any atom is -0.372 e. The molecule has 1 aliphatic heterocycles. The number of fused-ring (bicyclic) bond motifs is 1. The van der Waals surface area contributed by atoms with Crippen molar-refractivity contribution >= 4 is 28.9 Å². The van der Waals surface area contributed by atoms with Crippen LogP contribution in [-0.2, 0) is 16.0 Å². The molecule has 3 rings (SSSR count). The smallest absolute Gasteiger partial charge is 0.316 e. The van der Waals surface area contributed by atoms with E-state index in [-0.39, 0.29) is 0 Å². The first-order valence-electron chi connectivity index (χ1n) is 9.19. The molecule has 0 fully saturated rings. The van der Waals surface area contributed by atoms with Gasteiger partial charge in [-0.05, 0) is 62.6 Å². The first-order chi connectivity index (χ1) is 12.6. The summed E-state index contributed by atoms with van der Waals surface area (Å²) in [5, 5.41) is 2.72. The molecule has 1 aliphatic rings. The monoisotopic (exact) mass is 351 g/mol. The molecule has 5 nitrogen and oxygen atoms in total. The van der Waals surface area contributed by atoms with Gasteiger partial charge in [-0.3, -0.25) is 9.59 Å². The van der Waals surface area contributed by atoms with Crippen LogP contribution in [0.3, 0.4) is 0 Å². The van der Waals surface area contributed by atoms with E-state index in [1.165, 1.54) is 0 Å². The molecule has 2 amide bonds. The standard InChI is InChI=1S/C21H25N3O2/c1-3-23(4-2)18-13-11-17(12-14-18)22-20(25)21(26)24-15-7-9-16-8-5-6-10-19(16)24/h5-6,8,10-14H,3-4,7,9,15H2,1-2H3,(H,22,25). The van der Waals surface area contributed by atoms with Crippen LogP contribution in [0.1, 0.15) is 25.8 Å². The maximum absolute atomic E-state index is 12.6. The van der Waals surface area contributed by atoms with Crippen molar-refractivity contribution in [2.75, 3.05) is 34.8 Å². The highest BCUT2D eigenvalue weighted by Gasteiger charge is 2.27. The van der Waals surface area contributed by atoms with Crippen LogP contribution < -0.4 is 15.1 Å². The molecule has 0 radical (unpaired) electrons. The summed E-state index contributed by atoms with van der Waals surface area (Å²) >= 11 is 0. The zero-order chi connectivity index (χ0) is 18.5. The second-order valence-electron chi connectivity index (χ2n) is 6.36. The second kappa shape index (κ2) is 8.04. The largest absolute Gasteiger partial charge is 0.372 e. The van der Waals surface area contributed by atoms with Crippen LogP contribution in [0.25, 0.3) is 0 Å². The van der Waals surface area contributed by atoms with E-state index in [2.05, 4.69) is 24.1 Å². The SMILES string of the molecule is CCN(CC)c1ccc(NC(=O)C(=O)N2CCCc3ccccc32)cc1. The maximum atomic E-state index is 12.6. The first-order valence-corrected chi connectivity index (χ1v) is 9.19. The number of benzene rings is 2. The fourth-order valence-corrected chi connectivity index (χ4v) is 3.40. The van der Waals surface area contributed by atoms with Crippen molar-refractivity contribution in [1.29, 1.82) is 0 Å². The summed E-state index contributed by atoms with van der Waals surface area (Å²) in [7, 11) is 0. The number of carbonyl (C=O) groups excluding carboxylic acids is 2. The third-order valence-electron chi connectivity index (χ3n) is 4.80. The van der Waals surface area contributed by atoms with Gasteiger partial charge in [-0.2, -0.15) is 0 Å². The number of anilines is 3. The Bertz CT molecular complexity index is 782. The Morgan fingerprint density at radius 3 is 2.42 bits per heavy atom. The van der Waals surface area contributed by atoms with Crippen molar-refractivity contribution in [2.45, 2.75) is 26.7 Å². The highest BCUT2D eigenvalue weighted by molar-refractivity contribution is 6.44. The van der Waals surface area contributed by atoms with Gasteiger partial charge in [-0.25, -0.2) is 0 Å². The molecule has 0 spiro atoms. The van der Waals surface area contributed by atoms with Crippen molar-refractivity contribution in [1.82, 2.24) is 0 Å². The number of aryl methyl sites for hydroxylation is 1. The zero-order valence-electron chi connectivity index (χ0n) is 15.4. The van der Waals surface area contributed by atoms with Crippen LogP contribution in [0.4, 0.5) is 17.1 Å². The second-order valence-corrected chi connectivity index (χ2v) is 6.36. The van der Waals surface area contributed by atoms with E-state index in [4.69, 9.17) is 0 Å². The fraction of sp³-hybridized carbons (Fsp3) is 0.333. The number of hydrogen-bond donors (Lipinski definition) is 1. The Balaban J connectivity index is 1.70. The zero-order valence-corrected chi connectivity index (χ0v) is 15.4. The summed E-state index contributed by atoms with van der Waals surface area (Å²) < 4.78 is 0. The van der Waals surface area contributed by atoms with Gasteiger partial charge in [0.15, 0.2) is 0 Å². The van der Waals surface area contributed by atoms with Gasteiger partial charge in [0, 0.05) is 36.7 Å². The molecule has 0 atom stereocenters. The molecular weight excluding hydrogens is 326 g/mol. The lowest BCUT2D eigenvalue weighted by molar-refractivity contribution is -0.134. The fourth-order valence-electron chi connectivity index (χ4n) is 3.40. The predicted octanol–water partition coefficient (Wildman–Crippen LogP) is 3.45. The summed E-state index contributed by atoms with van der Waals surface area (Å²) in [6, 6.07) is 15.4. The van der Waals surface area contributed by atoms with Crippen LogP contribution in [-0.4, -0.2) is 31.4 Å². The summed E-state index contributed by atoms with van der Waals surface area (Å²) in [5.41, 5.74) is 3.69. The van der Waals surface area contributed by atoms with Gasteiger partial charge in [0.05, 0.1) is 0 Å². The normalized spacial score (nSPS) is 13.1. The van der Waals surface area contributed by atoms with Gasteiger partial charge in [0.2, 0.25) is 0 Å². The van der Waals surface area contributed by atoms with Crippen LogP contribution in [0.2, 0.25) is 0 Å². The Hall–Kier alpha value is -2.82. The van der Waals surface area contributed by atoms with E-state index in [9.17, 15) is 9.59 Å². The molecule has 2 aromatic rings. The van der Waals surface area contributed by atoms with Crippen molar-refractivity contribution in [3.8, 4) is 0 Å². The molecule has 0 aliphatic carbocycles. The van der Waals surface area contributed by atoms with Crippen LogP contribution in [0.15, 0.2) is 48.5 Å². The van der Waals surface area contributed by atoms with E-state index < -0.39 is 11.8 Å². The molecule has 5 heteroatoms. The molecule has 1 N–H and O–H groups in total. The van der Waals surface area contributed by atoms with E-state index in [1.54, 1.807) is 4.90 Å². The van der Waals surface area contributed by atoms with Gasteiger partial charge in [0.1, 0.15) is 0 Å². The third-order valence-corrected chi connectivity index (χ3v) is 4.80. The number of carbonyl (C=O) groups is 2. The minimum atomic E-state index is -0.600. The highest BCUT2D eigenvalue weighted by Crippen LogP contribution is 2.27. The van der Waals surface area contributed by atoms with E-state index in [0.717, 1.165) is 42.9 Å². The Morgan fingerprint density at radius 2 is 1.73 bits per heavy atom. The number of nitrogens with zero attached hydrogens (tertiary/aromatic N) is 2. The number of para-hydroxylation sites is 1. The number of hydrogen-bond acceptors (Lipinski definition) is 3. The molecule has 26 heavy (non-hydrogen) atoms. The Morgan fingerprint density at radius 1 is 1.04 bits per heavy atom.